The van der Waals surface area contributed by atoms with Gasteiger partial charge in [0.25, 0.3) is 0 Å². The van der Waals surface area contributed by atoms with Gasteiger partial charge in [-0.15, -0.1) is 0 Å². The molecule has 3 aromatic rings. The average Bonchev–Trinajstić information content (AvgIpc) is 2.92. The van der Waals surface area contributed by atoms with Gasteiger partial charge < -0.3 is 21.7 Å². The second-order valence-corrected chi connectivity index (χ2v) is 11.4. The first-order valence-electron chi connectivity index (χ1n) is 14.4. The van der Waals surface area contributed by atoms with Crippen molar-refractivity contribution in [2.45, 2.75) is 58.7 Å². The number of carbonyl (C=O) groups excluding carboxylic acids is 1. The van der Waals surface area contributed by atoms with E-state index in [4.69, 9.17) is 5.73 Å². The van der Waals surface area contributed by atoms with Crippen LogP contribution in [0, 0.1) is 20.8 Å². The summed E-state index contributed by atoms with van der Waals surface area (Å²) < 4.78 is 0. The summed E-state index contributed by atoms with van der Waals surface area (Å²) >= 11 is 0. The number of nitrogens with one attached hydrogen (secondary N) is 3. The molecule has 2 aliphatic heterocycles. The molecule has 5 rings (SSSR count). The molecule has 2 heterocycles. The summed E-state index contributed by atoms with van der Waals surface area (Å²) in [5.74, 6) is -0.0793. The number of aryl methyl sites for hydroxylation is 3. The summed E-state index contributed by atoms with van der Waals surface area (Å²) in [7, 11) is 0. The van der Waals surface area contributed by atoms with Crippen molar-refractivity contribution in [1.82, 2.24) is 15.5 Å². The fraction of sp³-hybridized carbons (Fsp3) is 0.424. The molecule has 0 unspecified atom stereocenters. The zero-order chi connectivity index (χ0) is 27.4. The fourth-order valence-electron chi connectivity index (χ4n) is 6.22. The van der Waals surface area contributed by atoms with E-state index in [2.05, 4.69) is 96.2 Å². The summed E-state index contributed by atoms with van der Waals surface area (Å²) in [6.07, 6.45) is 2.26. The molecule has 0 bridgehead atoms. The van der Waals surface area contributed by atoms with Crippen molar-refractivity contribution >= 4 is 11.6 Å². The molecule has 0 aromatic heterocycles. The Morgan fingerprint density at radius 2 is 1.72 bits per heavy atom. The summed E-state index contributed by atoms with van der Waals surface area (Å²) in [6, 6.07) is 19.0. The van der Waals surface area contributed by atoms with E-state index < -0.39 is 6.04 Å². The van der Waals surface area contributed by atoms with E-state index in [0.29, 0.717) is 6.42 Å². The first kappa shape index (κ1) is 27.4. The molecule has 206 valence electrons. The number of fused-ring (bicyclic) bond motifs is 1. The van der Waals surface area contributed by atoms with Gasteiger partial charge in [0.05, 0.1) is 12.1 Å². The molecular weight excluding hydrogens is 482 g/mol. The third-order valence-corrected chi connectivity index (χ3v) is 8.19. The Morgan fingerprint density at radius 1 is 1.00 bits per heavy atom. The smallest absolute Gasteiger partial charge is 0.237 e. The van der Waals surface area contributed by atoms with E-state index in [0.717, 1.165) is 52.1 Å². The molecule has 2 atom stereocenters. The summed E-state index contributed by atoms with van der Waals surface area (Å²) in [5.41, 5.74) is 17.6. The number of benzene rings is 3. The van der Waals surface area contributed by atoms with Crippen LogP contribution in [0.25, 0.3) is 0 Å². The van der Waals surface area contributed by atoms with Gasteiger partial charge in [0.2, 0.25) is 5.91 Å². The number of amides is 1. The number of anilines is 1. The highest BCUT2D eigenvalue weighted by molar-refractivity contribution is 5.83. The van der Waals surface area contributed by atoms with Crippen LogP contribution >= 0.6 is 0 Å². The van der Waals surface area contributed by atoms with Crippen LogP contribution in [0.3, 0.4) is 0 Å². The number of hydrogen-bond donors (Lipinski definition) is 4. The normalized spacial score (nSPS) is 18.2. The van der Waals surface area contributed by atoms with Gasteiger partial charge in [0, 0.05) is 45.0 Å². The summed E-state index contributed by atoms with van der Waals surface area (Å²) in [6.45, 7) is 12.2. The Labute approximate surface area is 233 Å². The van der Waals surface area contributed by atoms with Crippen LogP contribution in [-0.2, 0) is 24.2 Å². The number of hydrogen-bond acceptors (Lipinski definition) is 5. The van der Waals surface area contributed by atoms with E-state index in [1.54, 1.807) is 0 Å². The topological polar surface area (TPSA) is 82.4 Å². The molecule has 1 saturated heterocycles. The number of rotatable bonds is 8. The quantitative estimate of drug-likeness (QED) is 0.355. The van der Waals surface area contributed by atoms with E-state index in [1.165, 1.54) is 50.2 Å². The van der Waals surface area contributed by atoms with Gasteiger partial charge in [-0.25, -0.2) is 0 Å². The Bertz CT molecular complexity index is 1280. The number of nitrogens with two attached hydrogens (primary N) is 1. The predicted molar refractivity (Wildman–Crippen MR) is 160 cm³/mol. The van der Waals surface area contributed by atoms with Crippen molar-refractivity contribution in [2.24, 2.45) is 5.73 Å². The highest BCUT2D eigenvalue weighted by Gasteiger charge is 2.27. The third kappa shape index (κ3) is 6.70. The van der Waals surface area contributed by atoms with E-state index in [-0.39, 0.29) is 11.9 Å². The highest BCUT2D eigenvalue weighted by Crippen LogP contribution is 2.35. The van der Waals surface area contributed by atoms with Crippen molar-refractivity contribution in [3.63, 3.8) is 0 Å². The van der Waals surface area contributed by atoms with E-state index in [9.17, 15) is 4.79 Å². The van der Waals surface area contributed by atoms with Crippen LogP contribution in [0.15, 0.2) is 54.6 Å². The molecule has 0 radical (unpaired) electrons. The van der Waals surface area contributed by atoms with E-state index >= 15 is 0 Å². The van der Waals surface area contributed by atoms with Crippen molar-refractivity contribution < 1.29 is 4.79 Å². The minimum absolute atomic E-state index is 0.0579. The van der Waals surface area contributed by atoms with Crippen LogP contribution < -0.4 is 21.7 Å². The van der Waals surface area contributed by atoms with Crippen LogP contribution in [0.2, 0.25) is 0 Å². The molecule has 1 fully saturated rings. The lowest BCUT2D eigenvalue weighted by atomic mass is 9.89. The second kappa shape index (κ2) is 12.3. The van der Waals surface area contributed by atoms with Crippen molar-refractivity contribution in [3.05, 3.63) is 99.1 Å². The summed E-state index contributed by atoms with van der Waals surface area (Å²) in [5, 5.41) is 10.5. The maximum atomic E-state index is 13.4. The standard InChI is InChI=1S/C33H43N5O/c1-22-15-23(2)28(24(3)16-22)20-30(34)33(39)37-31-9-10-36-32-27(21-38-13-11-35-12-14-38)18-26(19-29(31)32)17-25-7-5-4-6-8-25/h4-8,15-16,18-19,30-31,35-36H,9-14,17,20-21,34H2,1-3H3,(H,37,39)/t30-,31+/m0/s1. The lowest BCUT2D eigenvalue weighted by Crippen LogP contribution is -2.45. The first-order chi connectivity index (χ1) is 18.9. The fourth-order valence-corrected chi connectivity index (χ4v) is 6.22. The lowest BCUT2D eigenvalue weighted by Gasteiger charge is -2.33. The molecule has 6 nitrogen and oxygen atoms in total. The molecule has 6 heteroatoms. The van der Waals surface area contributed by atoms with Gasteiger partial charge >= 0.3 is 0 Å². The Morgan fingerprint density at radius 3 is 2.44 bits per heavy atom. The maximum absolute atomic E-state index is 13.4. The minimum Gasteiger partial charge on any atom is -0.384 e. The molecule has 0 aliphatic carbocycles. The largest absolute Gasteiger partial charge is 0.384 e. The highest BCUT2D eigenvalue weighted by atomic mass is 16.2. The van der Waals surface area contributed by atoms with E-state index in [1.807, 2.05) is 0 Å². The van der Waals surface area contributed by atoms with Crippen molar-refractivity contribution in [3.8, 4) is 0 Å². The van der Waals surface area contributed by atoms with Crippen LogP contribution in [0.4, 0.5) is 5.69 Å². The van der Waals surface area contributed by atoms with Gasteiger partial charge in [-0.05, 0) is 79.0 Å². The third-order valence-electron chi connectivity index (χ3n) is 8.19. The molecule has 3 aromatic carbocycles. The molecule has 5 N–H and O–H groups in total. The monoisotopic (exact) mass is 525 g/mol. The zero-order valence-electron chi connectivity index (χ0n) is 23.6. The second-order valence-electron chi connectivity index (χ2n) is 11.4. The van der Waals surface area contributed by atoms with Crippen LogP contribution in [-0.4, -0.2) is 49.6 Å². The Hall–Kier alpha value is -3.19. The molecule has 1 amide bonds. The van der Waals surface area contributed by atoms with Crippen molar-refractivity contribution in [2.75, 3.05) is 38.0 Å². The van der Waals surface area contributed by atoms with Gasteiger partial charge in [-0.3, -0.25) is 9.69 Å². The minimum atomic E-state index is -0.587. The molecule has 39 heavy (non-hydrogen) atoms. The predicted octanol–water partition coefficient (Wildman–Crippen LogP) is 4.15. The van der Waals surface area contributed by atoms with Crippen LogP contribution in [0.5, 0.6) is 0 Å². The molecule has 0 spiro atoms. The first-order valence-corrected chi connectivity index (χ1v) is 14.4. The lowest BCUT2D eigenvalue weighted by molar-refractivity contribution is -0.123. The number of piperazine rings is 1. The molecular formula is C33H43N5O. The van der Waals surface area contributed by atoms with Gasteiger partial charge in [-0.1, -0.05) is 60.2 Å². The van der Waals surface area contributed by atoms with Gasteiger partial charge in [-0.2, -0.15) is 0 Å². The van der Waals surface area contributed by atoms with Crippen LogP contribution in [0.1, 0.15) is 57.0 Å². The zero-order valence-corrected chi connectivity index (χ0v) is 23.6. The van der Waals surface area contributed by atoms with Gasteiger partial charge in [0.15, 0.2) is 0 Å². The average molecular weight is 526 g/mol. The number of carbonyl (C=O) groups is 1. The van der Waals surface area contributed by atoms with Crippen molar-refractivity contribution in [1.29, 1.82) is 0 Å². The Balaban J connectivity index is 1.39. The maximum Gasteiger partial charge on any atom is 0.237 e. The molecule has 0 saturated carbocycles. The van der Waals surface area contributed by atoms with Gasteiger partial charge in [0.1, 0.15) is 0 Å². The number of nitrogens with zero attached hydrogens (tertiary/aromatic N) is 1. The Kier molecular flexibility index (Phi) is 8.66. The summed E-state index contributed by atoms with van der Waals surface area (Å²) in [4.78, 5) is 15.9. The SMILES string of the molecule is Cc1cc(C)c(C[C@H](N)C(=O)N[C@@H]2CCNc3c(CN4CCNCC4)cc(Cc4ccccc4)cc32)c(C)c1. The molecule has 2 aliphatic rings.